The number of nitrogens with one attached hydrogen (secondary N) is 1. The van der Waals surface area contributed by atoms with E-state index >= 15 is 0 Å². The maximum absolute atomic E-state index is 13.5. The van der Waals surface area contributed by atoms with Gasteiger partial charge < -0.3 is 14.5 Å². The number of benzene rings is 2. The SMILES string of the molecule is CCc1cc2c(=O)c(-c3nc4ccccc4[nH]3)coc2c(CN2CCCC[C@H]2C)c1O. The molecular formula is C25H27N3O3. The van der Waals surface area contributed by atoms with Crippen LogP contribution >= 0.6 is 0 Å². The molecule has 0 amide bonds. The molecule has 6 heteroatoms. The Morgan fingerprint density at radius 3 is 2.90 bits per heavy atom. The first kappa shape index (κ1) is 19.8. The van der Waals surface area contributed by atoms with Gasteiger partial charge in [0.05, 0.1) is 22.0 Å². The number of aromatic amines is 1. The monoisotopic (exact) mass is 417 g/mol. The molecular weight excluding hydrogens is 390 g/mol. The molecule has 0 unspecified atom stereocenters. The molecule has 1 atom stereocenters. The molecule has 2 aromatic heterocycles. The molecule has 0 spiro atoms. The van der Waals surface area contributed by atoms with Gasteiger partial charge in [0.15, 0.2) is 0 Å². The standard InChI is InChI=1S/C25H27N3O3/c1-3-16-12-17-23(30)19(25-26-20-9-4-5-10-21(20)27-25)14-31-24(17)18(22(16)29)13-28-11-7-6-8-15(28)2/h4-5,9-10,12,14-15,29H,3,6-8,11,13H2,1-2H3,(H,26,27)/t15-/m1/s1. The largest absolute Gasteiger partial charge is 0.507 e. The van der Waals surface area contributed by atoms with Gasteiger partial charge in [0.2, 0.25) is 5.43 Å². The zero-order valence-electron chi connectivity index (χ0n) is 17.9. The van der Waals surface area contributed by atoms with E-state index in [1.807, 2.05) is 31.2 Å². The molecule has 0 aliphatic carbocycles. The van der Waals surface area contributed by atoms with Crippen molar-refractivity contribution >= 4 is 22.0 Å². The van der Waals surface area contributed by atoms with E-state index in [9.17, 15) is 9.90 Å². The van der Waals surface area contributed by atoms with E-state index in [4.69, 9.17) is 4.42 Å². The van der Waals surface area contributed by atoms with Crippen LogP contribution in [-0.2, 0) is 13.0 Å². The van der Waals surface area contributed by atoms with Crippen molar-refractivity contribution in [3.05, 3.63) is 57.9 Å². The van der Waals surface area contributed by atoms with E-state index < -0.39 is 0 Å². The Balaban J connectivity index is 1.66. The number of piperidine rings is 1. The quantitative estimate of drug-likeness (QED) is 0.489. The zero-order chi connectivity index (χ0) is 21.5. The topological polar surface area (TPSA) is 82.4 Å². The molecule has 1 saturated heterocycles. The number of imidazole rings is 1. The molecule has 1 aliphatic rings. The van der Waals surface area contributed by atoms with Crippen molar-refractivity contribution in [3.8, 4) is 17.1 Å². The predicted molar refractivity (Wildman–Crippen MR) is 122 cm³/mol. The van der Waals surface area contributed by atoms with Gasteiger partial charge >= 0.3 is 0 Å². The maximum Gasteiger partial charge on any atom is 0.203 e. The minimum absolute atomic E-state index is 0.136. The smallest absolute Gasteiger partial charge is 0.203 e. The molecule has 2 aromatic carbocycles. The maximum atomic E-state index is 13.5. The lowest BCUT2D eigenvalue weighted by Crippen LogP contribution is -2.36. The molecule has 4 aromatic rings. The Morgan fingerprint density at radius 1 is 1.29 bits per heavy atom. The summed E-state index contributed by atoms with van der Waals surface area (Å²) in [4.78, 5) is 23.6. The fourth-order valence-corrected chi connectivity index (χ4v) is 4.65. The molecule has 31 heavy (non-hydrogen) atoms. The lowest BCUT2D eigenvalue weighted by atomic mass is 9.98. The summed E-state index contributed by atoms with van der Waals surface area (Å²) in [6, 6.07) is 9.89. The molecule has 5 rings (SSSR count). The van der Waals surface area contributed by atoms with Crippen molar-refractivity contribution < 1.29 is 9.52 Å². The molecule has 2 N–H and O–H groups in total. The Kier molecular flexibility index (Phi) is 5.02. The van der Waals surface area contributed by atoms with Gasteiger partial charge in [0.1, 0.15) is 29.0 Å². The summed E-state index contributed by atoms with van der Waals surface area (Å²) >= 11 is 0. The molecule has 1 aliphatic heterocycles. The summed E-state index contributed by atoms with van der Waals surface area (Å²) in [6.07, 6.45) is 5.63. The Bertz CT molecular complexity index is 1290. The van der Waals surface area contributed by atoms with E-state index in [-0.39, 0.29) is 11.2 Å². The van der Waals surface area contributed by atoms with Gasteiger partial charge in [-0.25, -0.2) is 4.98 Å². The number of aryl methyl sites for hydroxylation is 1. The van der Waals surface area contributed by atoms with Crippen LogP contribution in [-0.4, -0.2) is 32.6 Å². The van der Waals surface area contributed by atoms with E-state index in [1.165, 1.54) is 12.7 Å². The highest BCUT2D eigenvalue weighted by Crippen LogP contribution is 2.34. The number of aromatic nitrogens is 2. The van der Waals surface area contributed by atoms with E-state index in [2.05, 4.69) is 21.8 Å². The summed E-state index contributed by atoms with van der Waals surface area (Å²) in [5.41, 5.74) is 3.88. The third kappa shape index (κ3) is 3.41. The second kappa shape index (κ2) is 7.85. The zero-order valence-corrected chi connectivity index (χ0v) is 17.9. The van der Waals surface area contributed by atoms with Crippen LogP contribution in [0.15, 0.2) is 45.8 Å². The van der Waals surface area contributed by atoms with Crippen molar-refractivity contribution in [2.75, 3.05) is 6.54 Å². The molecule has 0 radical (unpaired) electrons. The fraction of sp³-hybridized carbons (Fsp3) is 0.360. The number of nitrogens with zero attached hydrogens (tertiary/aromatic N) is 2. The van der Waals surface area contributed by atoms with Crippen molar-refractivity contribution in [1.29, 1.82) is 0 Å². The second-order valence-corrected chi connectivity index (χ2v) is 8.49. The lowest BCUT2D eigenvalue weighted by molar-refractivity contribution is 0.151. The molecule has 3 heterocycles. The normalized spacial score (nSPS) is 17.5. The van der Waals surface area contributed by atoms with E-state index in [0.717, 1.165) is 36.0 Å². The first-order chi connectivity index (χ1) is 15.1. The van der Waals surface area contributed by atoms with Crippen molar-refractivity contribution in [1.82, 2.24) is 14.9 Å². The molecule has 6 nitrogen and oxygen atoms in total. The number of phenols is 1. The second-order valence-electron chi connectivity index (χ2n) is 8.49. The van der Waals surface area contributed by atoms with Crippen LogP contribution < -0.4 is 5.43 Å². The third-order valence-corrected chi connectivity index (χ3v) is 6.54. The van der Waals surface area contributed by atoms with Crippen LogP contribution in [0.1, 0.15) is 44.2 Å². The minimum atomic E-state index is -0.136. The van der Waals surface area contributed by atoms with E-state index in [1.54, 1.807) is 6.07 Å². The van der Waals surface area contributed by atoms with Gasteiger partial charge in [0.25, 0.3) is 0 Å². The van der Waals surface area contributed by atoms with Crippen molar-refractivity contribution in [3.63, 3.8) is 0 Å². The molecule has 0 saturated carbocycles. The Labute approximate surface area is 180 Å². The Hall–Kier alpha value is -3.12. The number of H-pyrrole nitrogens is 1. The summed E-state index contributed by atoms with van der Waals surface area (Å²) in [5, 5.41) is 11.5. The van der Waals surface area contributed by atoms with Gasteiger partial charge in [-0.1, -0.05) is 25.5 Å². The van der Waals surface area contributed by atoms with Gasteiger partial charge in [-0.15, -0.1) is 0 Å². The van der Waals surface area contributed by atoms with Crippen LogP contribution in [0.25, 0.3) is 33.4 Å². The number of hydrogen-bond donors (Lipinski definition) is 2. The van der Waals surface area contributed by atoms with Crippen LogP contribution in [0.5, 0.6) is 5.75 Å². The third-order valence-electron chi connectivity index (χ3n) is 6.54. The highest BCUT2D eigenvalue weighted by molar-refractivity contribution is 5.87. The van der Waals surface area contributed by atoms with Gasteiger partial charge in [0, 0.05) is 12.6 Å². The Morgan fingerprint density at radius 2 is 2.13 bits per heavy atom. The van der Waals surface area contributed by atoms with Crippen LogP contribution in [0.4, 0.5) is 0 Å². The van der Waals surface area contributed by atoms with Crippen molar-refractivity contribution in [2.45, 2.75) is 52.1 Å². The fourth-order valence-electron chi connectivity index (χ4n) is 4.65. The first-order valence-electron chi connectivity index (χ1n) is 11.0. The van der Waals surface area contributed by atoms with Gasteiger partial charge in [-0.05, 0) is 56.5 Å². The highest BCUT2D eigenvalue weighted by atomic mass is 16.3. The number of fused-ring (bicyclic) bond motifs is 2. The number of likely N-dealkylation sites (tertiary alicyclic amines) is 1. The van der Waals surface area contributed by atoms with E-state index in [0.29, 0.717) is 46.9 Å². The average Bonchev–Trinajstić information content (AvgIpc) is 3.21. The highest BCUT2D eigenvalue weighted by Gasteiger charge is 2.24. The summed E-state index contributed by atoms with van der Waals surface area (Å²) in [6.45, 7) is 5.76. The number of rotatable bonds is 4. The minimum Gasteiger partial charge on any atom is -0.507 e. The van der Waals surface area contributed by atoms with Crippen LogP contribution in [0, 0.1) is 0 Å². The molecule has 1 fully saturated rings. The van der Waals surface area contributed by atoms with Crippen LogP contribution in [0.3, 0.4) is 0 Å². The van der Waals surface area contributed by atoms with Gasteiger partial charge in [-0.2, -0.15) is 0 Å². The number of hydrogen-bond acceptors (Lipinski definition) is 5. The lowest BCUT2D eigenvalue weighted by Gasteiger charge is -2.33. The average molecular weight is 418 g/mol. The molecule has 160 valence electrons. The predicted octanol–water partition coefficient (Wildman–Crippen LogP) is 4.98. The van der Waals surface area contributed by atoms with Crippen molar-refractivity contribution in [2.24, 2.45) is 0 Å². The number of aromatic hydroxyl groups is 1. The first-order valence-corrected chi connectivity index (χ1v) is 11.0. The summed E-state index contributed by atoms with van der Waals surface area (Å²) < 4.78 is 6.02. The number of para-hydroxylation sites is 2. The summed E-state index contributed by atoms with van der Waals surface area (Å²) in [5.74, 6) is 0.738. The number of phenolic OH excluding ortho intramolecular Hbond substituents is 1. The van der Waals surface area contributed by atoms with Gasteiger partial charge in [-0.3, -0.25) is 9.69 Å². The summed E-state index contributed by atoms with van der Waals surface area (Å²) in [7, 11) is 0. The molecule has 0 bridgehead atoms. The van der Waals surface area contributed by atoms with Crippen LogP contribution in [0.2, 0.25) is 0 Å².